The molecule has 0 radical (unpaired) electrons. The van der Waals surface area contributed by atoms with Gasteiger partial charge in [0.1, 0.15) is 5.82 Å². The van der Waals surface area contributed by atoms with Crippen LogP contribution >= 0.6 is 0 Å². The Kier molecular flexibility index (Phi) is 4.35. The molecule has 0 spiro atoms. The Morgan fingerprint density at radius 3 is 2.78 bits per heavy atom. The van der Waals surface area contributed by atoms with Gasteiger partial charge in [-0.05, 0) is 37.0 Å². The molecule has 5 nitrogen and oxygen atoms in total. The molecule has 0 saturated carbocycles. The van der Waals surface area contributed by atoms with Crippen molar-refractivity contribution in [2.75, 3.05) is 24.5 Å². The molecule has 2 saturated heterocycles. The van der Waals surface area contributed by atoms with E-state index in [9.17, 15) is 19.1 Å². The van der Waals surface area contributed by atoms with Gasteiger partial charge in [-0.3, -0.25) is 9.59 Å². The number of carbonyl (C=O) groups excluding carboxylic acids is 2. The smallest absolute Gasteiger partial charge is 0.256 e. The highest BCUT2D eigenvalue weighted by Gasteiger charge is 2.30. The number of rotatable bonds is 2. The van der Waals surface area contributed by atoms with Gasteiger partial charge in [0.2, 0.25) is 5.91 Å². The fourth-order valence-electron chi connectivity index (χ4n) is 3.17. The second kappa shape index (κ2) is 6.28. The Morgan fingerprint density at radius 2 is 2.13 bits per heavy atom. The van der Waals surface area contributed by atoms with Crippen LogP contribution in [0.25, 0.3) is 0 Å². The molecule has 2 atom stereocenters. The Labute approximate surface area is 134 Å². The Hall–Kier alpha value is -1.95. The number of piperidine rings is 1. The van der Waals surface area contributed by atoms with Crippen molar-refractivity contribution in [2.24, 2.45) is 5.92 Å². The van der Waals surface area contributed by atoms with Crippen LogP contribution in [-0.2, 0) is 4.79 Å². The van der Waals surface area contributed by atoms with E-state index in [0.717, 1.165) is 6.42 Å². The van der Waals surface area contributed by atoms with Crippen molar-refractivity contribution in [2.45, 2.75) is 32.3 Å². The number of β-amino-alcohol motifs (C(OH)–C–C–N with tert-alkyl or cyclic N) is 1. The number of carbonyl (C=O) groups is 2. The van der Waals surface area contributed by atoms with E-state index in [2.05, 4.69) is 0 Å². The van der Waals surface area contributed by atoms with E-state index in [0.29, 0.717) is 31.6 Å². The van der Waals surface area contributed by atoms with Gasteiger partial charge in [-0.25, -0.2) is 4.39 Å². The van der Waals surface area contributed by atoms with E-state index >= 15 is 0 Å². The highest BCUT2D eigenvalue weighted by atomic mass is 19.1. The van der Waals surface area contributed by atoms with E-state index in [1.54, 1.807) is 4.90 Å². The third-order valence-corrected chi connectivity index (χ3v) is 4.77. The van der Waals surface area contributed by atoms with Crippen LogP contribution in [0.5, 0.6) is 0 Å². The van der Waals surface area contributed by atoms with E-state index in [4.69, 9.17) is 0 Å². The van der Waals surface area contributed by atoms with Crippen LogP contribution in [0.15, 0.2) is 18.2 Å². The summed E-state index contributed by atoms with van der Waals surface area (Å²) in [6.45, 7) is 3.25. The van der Waals surface area contributed by atoms with Crippen LogP contribution in [0.3, 0.4) is 0 Å². The second-order valence-corrected chi connectivity index (χ2v) is 6.40. The molecule has 2 aliphatic heterocycles. The molecule has 2 heterocycles. The summed E-state index contributed by atoms with van der Waals surface area (Å²) < 4.78 is 14.1. The number of likely N-dealkylation sites (tertiary alicyclic amines) is 1. The third kappa shape index (κ3) is 3.08. The minimum absolute atomic E-state index is 0.00257. The van der Waals surface area contributed by atoms with Crippen LogP contribution in [0.2, 0.25) is 0 Å². The molecule has 2 fully saturated rings. The molecule has 1 N–H and O–H groups in total. The number of anilines is 1. The van der Waals surface area contributed by atoms with Crippen LogP contribution in [0.1, 0.15) is 36.5 Å². The number of hydrogen-bond acceptors (Lipinski definition) is 3. The summed E-state index contributed by atoms with van der Waals surface area (Å²) in [4.78, 5) is 27.5. The number of nitrogens with zero attached hydrogens (tertiary/aromatic N) is 2. The number of benzene rings is 1. The first-order valence-corrected chi connectivity index (χ1v) is 8.04. The summed E-state index contributed by atoms with van der Waals surface area (Å²) in [5.74, 6) is -0.893. The average Bonchev–Trinajstić information content (AvgIpc) is 2.96. The van der Waals surface area contributed by atoms with Gasteiger partial charge in [-0.2, -0.15) is 0 Å². The van der Waals surface area contributed by atoms with E-state index in [-0.39, 0.29) is 23.9 Å². The predicted molar refractivity (Wildman–Crippen MR) is 83.7 cm³/mol. The molecule has 23 heavy (non-hydrogen) atoms. The van der Waals surface area contributed by atoms with Gasteiger partial charge in [-0.15, -0.1) is 0 Å². The zero-order chi connectivity index (χ0) is 16.6. The number of hydrogen-bond donors (Lipinski definition) is 1. The summed E-state index contributed by atoms with van der Waals surface area (Å²) in [6.07, 6.45) is 1.37. The second-order valence-electron chi connectivity index (χ2n) is 6.40. The summed E-state index contributed by atoms with van der Waals surface area (Å²) in [7, 11) is 0. The van der Waals surface area contributed by atoms with Crippen molar-refractivity contribution < 1.29 is 19.1 Å². The van der Waals surface area contributed by atoms with Gasteiger partial charge in [0.05, 0.1) is 11.7 Å². The average molecular weight is 320 g/mol. The van der Waals surface area contributed by atoms with Gasteiger partial charge in [0.15, 0.2) is 0 Å². The van der Waals surface area contributed by atoms with Crippen molar-refractivity contribution in [3.05, 3.63) is 29.6 Å². The first-order valence-electron chi connectivity index (χ1n) is 8.04. The van der Waals surface area contributed by atoms with Gasteiger partial charge >= 0.3 is 0 Å². The molecule has 2 amide bonds. The molecule has 3 rings (SSSR count). The molecule has 2 unspecified atom stereocenters. The minimum atomic E-state index is -0.599. The molecule has 0 aliphatic carbocycles. The van der Waals surface area contributed by atoms with E-state index in [1.165, 1.54) is 23.1 Å². The minimum Gasteiger partial charge on any atom is -0.391 e. The lowest BCUT2D eigenvalue weighted by Gasteiger charge is -2.34. The molecule has 2 aliphatic rings. The van der Waals surface area contributed by atoms with E-state index in [1.807, 2.05) is 6.92 Å². The SMILES string of the molecule is CC1CCN(C(=O)c2cc(N3CCCC3=O)ccc2F)CC1O. The maximum Gasteiger partial charge on any atom is 0.256 e. The molecule has 124 valence electrons. The van der Waals surface area contributed by atoms with Crippen LogP contribution in [0.4, 0.5) is 10.1 Å². The Balaban J connectivity index is 1.84. The number of aliphatic hydroxyl groups is 1. The molecule has 0 bridgehead atoms. The van der Waals surface area contributed by atoms with E-state index < -0.39 is 17.8 Å². The molecule has 0 aromatic heterocycles. The fourth-order valence-corrected chi connectivity index (χ4v) is 3.17. The maximum absolute atomic E-state index is 14.1. The molecule has 6 heteroatoms. The van der Waals surface area contributed by atoms with Gasteiger partial charge in [0.25, 0.3) is 5.91 Å². The van der Waals surface area contributed by atoms with Crippen molar-refractivity contribution in [1.29, 1.82) is 0 Å². The van der Waals surface area contributed by atoms with Gasteiger partial charge < -0.3 is 14.9 Å². The zero-order valence-corrected chi connectivity index (χ0v) is 13.2. The summed E-state index contributed by atoms with van der Waals surface area (Å²) in [5, 5.41) is 9.93. The van der Waals surface area contributed by atoms with Crippen molar-refractivity contribution in [3.8, 4) is 0 Å². The number of halogens is 1. The van der Waals surface area contributed by atoms with Gasteiger partial charge in [0, 0.05) is 31.7 Å². The first-order chi connectivity index (χ1) is 11.0. The number of aliphatic hydroxyl groups excluding tert-OH is 1. The quantitative estimate of drug-likeness (QED) is 0.904. The molecule has 1 aromatic carbocycles. The highest BCUT2D eigenvalue weighted by Crippen LogP contribution is 2.26. The summed E-state index contributed by atoms with van der Waals surface area (Å²) >= 11 is 0. The monoisotopic (exact) mass is 320 g/mol. The lowest BCUT2D eigenvalue weighted by atomic mass is 9.95. The van der Waals surface area contributed by atoms with Crippen molar-refractivity contribution in [3.63, 3.8) is 0 Å². The van der Waals surface area contributed by atoms with Crippen LogP contribution in [0, 0.1) is 11.7 Å². The zero-order valence-electron chi connectivity index (χ0n) is 13.2. The molecule has 1 aromatic rings. The lowest BCUT2D eigenvalue weighted by molar-refractivity contribution is -0.117. The fraction of sp³-hybridized carbons (Fsp3) is 0.529. The van der Waals surface area contributed by atoms with Crippen molar-refractivity contribution >= 4 is 17.5 Å². The first kappa shape index (κ1) is 15.9. The Morgan fingerprint density at radius 1 is 1.35 bits per heavy atom. The van der Waals surface area contributed by atoms with Gasteiger partial charge in [-0.1, -0.05) is 6.92 Å². The summed E-state index contributed by atoms with van der Waals surface area (Å²) in [6, 6.07) is 4.21. The molecular formula is C17H21FN2O3. The standard InChI is InChI=1S/C17H21FN2O3/c1-11-6-8-19(10-15(11)21)17(23)13-9-12(4-5-14(13)18)20-7-2-3-16(20)22/h4-5,9,11,15,21H,2-3,6-8,10H2,1H3. The Bertz CT molecular complexity index is 634. The topological polar surface area (TPSA) is 60.9 Å². The van der Waals surface area contributed by atoms with Crippen LogP contribution < -0.4 is 4.90 Å². The summed E-state index contributed by atoms with van der Waals surface area (Å²) in [5.41, 5.74) is 0.520. The van der Waals surface area contributed by atoms with Crippen LogP contribution in [-0.4, -0.2) is 47.6 Å². The molecular weight excluding hydrogens is 299 g/mol. The lowest BCUT2D eigenvalue weighted by Crippen LogP contribution is -2.46. The van der Waals surface area contributed by atoms with Crippen molar-refractivity contribution in [1.82, 2.24) is 4.90 Å². The number of amides is 2. The highest BCUT2D eigenvalue weighted by molar-refractivity contribution is 5.99. The largest absolute Gasteiger partial charge is 0.391 e. The predicted octanol–water partition coefficient (Wildman–Crippen LogP) is 1.80. The third-order valence-electron chi connectivity index (χ3n) is 4.77. The maximum atomic E-state index is 14.1. The normalized spacial score (nSPS) is 25.1.